The zero-order valence-electron chi connectivity index (χ0n) is 17.9. The highest BCUT2D eigenvalue weighted by Gasteiger charge is 2.37. The van der Waals surface area contributed by atoms with E-state index in [-0.39, 0.29) is 17.5 Å². The fourth-order valence-electron chi connectivity index (χ4n) is 4.34. The second-order valence-corrected chi connectivity index (χ2v) is 8.32. The summed E-state index contributed by atoms with van der Waals surface area (Å²) in [7, 11) is 0. The lowest BCUT2D eigenvalue weighted by atomic mass is 9.86. The molecule has 1 fully saturated rings. The van der Waals surface area contributed by atoms with Gasteiger partial charge in [-0.3, -0.25) is 9.59 Å². The molecule has 1 aromatic carbocycles. The van der Waals surface area contributed by atoms with Crippen LogP contribution in [-0.4, -0.2) is 26.8 Å². The highest BCUT2D eigenvalue weighted by Crippen LogP contribution is 2.35. The summed E-state index contributed by atoms with van der Waals surface area (Å²) in [4.78, 5) is 32.4. The van der Waals surface area contributed by atoms with Crippen LogP contribution < -0.4 is 5.32 Å². The number of halogens is 1. The number of benzene rings is 1. The molecule has 1 atom stereocenters. The minimum atomic E-state index is -0.618. The molecule has 32 heavy (non-hydrogen) atoms. The Labute approximate surface area is 185 Å². The van der Waals surface area contributed by atoms with Gasteiger partial charge in [-0.15, -0.1) is 0 Å². The number of unbranched alkanes of at least 4 members (excludes halogenated alkanes) is 2. The van der Waals surface area contributed by atoms with Gasteiger partial charge in [0.1, 0.15) is 23.6 Å². The summed E-state index contributed by atoms with van der Waals surface area (Å²) >= 11 is 0. The van der Waals surface area contributed by atoms with Crippen LogP contribution in [0.25, 0.3) is 11.3 Å². The normalized spacial score (nSPS) is 18.8. The summed E-state index contributed by atoms with van der Waals surface area (Å²) in [6.07, 6.45) is 9.58. The summed E-state index contributed by atoms with van der Waals surface area (Å²) in [6, 6.07) is 8.10. The van der Waals surface area contributed by atoms with Crippen molar-refractivity contribution in [1.82, 2.24) is 20.4 Å². The first kappa shape index (κ1) is 21.9. The third kappa shape index (κ3) is 4.95. The molecule has 0 spiro atoms. The quantitative estimate of drug-likeness (QED) is 0.365. The molecule has 7 nitrogen and oxygen atoms in total. The molecule has 1 saturated heterocycles. The topological polar surface area (TPSA) is 101 Å². The smallest absolute Gasteiger partial charge is 0.220 e. The van der Waals surface area contributed by atoms with Gasteiger partial charge in [0.2, 0.25) is 5.91 Å². The standard InChI is InChI=1S/C24H27FN4O3/c25-18-9-4-3-8-17(18)20-16-26-23(27-20)24(14-7-5-11-22(31)28-24)13-6-1-2-10-21(30)19-12-15-32-29-19/h3-4,8-9,12,15-16H,1-2,5-7,10-11,13-14H2,(H,26,27)(H,28,31)/t24-/m0/s1. The molecule has 168 valence electrons. The highest BCUT2D eigenvalue weighted by molar-refractivity contribution is 5.93. The van der Waals surface area contributed by atoms with Gasteiger partial charge in [-0.2, -0.15) is 0 Å². The molecule has 0 bridgehead atoms. The number of hydrogen-bond acceptors (Lipinski definition) is 5. The van der Waals surface area contributed by atoms with Crippen molar-refractivity contribution in [3.63, 3.8) is 0 Å². The first-order valence-electron chi connectivity index (χ1n) is 11.1. The van der Waals surface area contributed by atoms with Crippen molar-refractivity contribution in [3.05, 3.63) is 60.1 Å². The molecule has 8 heteroatoms. The number of nitrogens with zero attached hydrogens (tertiary/aromatic N) is 2. The molecular weight excluding hydrogens is 411 g/mol. The number of carbonyl (C=O) groups excluding carboxylic acids is 2. The first-order valence-corrected chi connectivity index (χ1v) is 11.1. The Morgan fingerprint density at radius 2 is 2.03 bits per heavy atom. The average molecular weight is 439 g/mol. The Morgan fingerprint density at radius 3 is 2.84 bits per heavy atom. The lowest BCUT2D eigenvalue weighted by Crippen LogP contribution is -2.45. The van der Waals surface area contributed by atoms with E-state index in [1.807, 2.05) is 0 Å². The Morgan fingerprint density at radius 1 is 1.16 bits per heavy atom. The largest absolute Gasteiger partial charge is 0.364 e. The Bertz CT molecular complexity index is 1060. The van der Waals surface area contributed by atoms with Crippen LogP contribution in [0.5, 0.6) is 0 Å². The van der Waals surface area contributed by atoms with E-state index in [9.17, 15) is 14.0 Å². The molecule has 0 aliphatic carbocycles. The predicted octanol–water partition coefficient (Wildman–Crippen LogP) is 4.92. The van der Waals surface area contributed by atoms with E-state index in [1.54, 1.807) is 30.5 Å². The number of H-pyrrole nitrogens is 1. The Kier molecular flexibility index (Phi) is 6.78. The molecule has 4 rings (SSSR count). The van der Waals surface area contributed by atoms with Gasteiger partial charge in [0.25, 0.3) is 0 Å². The van der Waals surface area contributed by atoms with Crippen molar-refractivity contribution in [2.75, 3.05) is 0 Å². The number of hydrogen-bond donors (Lipinski definition) is 2. The van der Waals surface area contributed by atoms with Gasteiger partial charge in [-0.25, -0.2) is 9.37 Å². The maximum atomic E-state index is 14.2. The maximum absolute atomic E-state index is 14.2. The zero-order chi connectivity index (χ0) is 22.4. The van der Waals surface area contributed by atoms with Crippen molar-refractivity contribution >= 4 is 11.7 Å². The number of aromatic amines is 1. The number of imidazole rings is 1. The van der Waals surface area contributed by atoms with Gasteiger partial charge in [0.15, 0.2) is 5.78 Å². The minimum absolute atomic E-state index is 0.00699. The molecule has 0 saturated carbocycles. The van der Waals surface area contributed by atoms with Gasteiger partial charge >= 0.3 is 0 Å². The van der Waals surface area contributed by atoms with Crippen molar-refractivity contribution in [1.29, 1.82) is 0 Å². The van der Waals surface area contributed by atoms with E-state index in [0.29, 0.717) is 42.0 Å². The predicted molar refractivity (Wildman–Crippen MR) is 116 cm³/mol. The van der Waals surface area contributed by atoms with E-state index in [4.69, 9.17) is 9.51 Å². The number of amides is 1. The number of rotatable bonds is 9. The van der Waals surface area contributed by atoms with Crippen LogP contribution in [0.3, 0.4) is 0 Å². The Balaban J connectivity index is 1.45. The van der Waals surface area contributed by atoms with Gasteiger partial charge < -0.3 is 14.8 Å². The fraction of sp³-hybridized carbons (Fsp3) is 0.417. The van der Waals surface area contributed by atoms with E-state index in [1.165, 1.54) is 12.3 Å². The minimum Gasteiger partial charge on any atom is -0.364 e. The van der Waals surface area contributed by atoms with Crippen molar-refractivity contribution < 1.29 is 18.5 Å². The van der Waals surface area contributed by atoms with E-state index in [2.05, 4.69) is 15.5 Å². The molecule has 2 aromatic heterocycles. The molecule has 0 unspecified atom stereocenters. The van der Waals surface area contributed by atoms with Crippen molar-refractivity contribution in [3.8, 4) is 11.3 Å². The molecule has 0 radical (unpaired) electrons. The summed E-state index contributed by atoms with van der Waals surface area (Å²) in [5.74, 6) is 0.301. The monoisotopic (exact) mass is 438 g/mol. The van der Waals surface area contributed by atoms with E-state index < -0.39 is 5.54 Å². The van der Waals surface area contributed by atoms with Crippen molar-refractivity contribution in [2.24, 2.45) is 0 Å². The highest BCUT2D eigenvalue weighted by atomic mass is 19.1. The first-order chi connectivity index (χ1) is 15.6. The van der Waals surface area contributed by atoms with E-state index >= 15 is 0 Å². The molecule has 1 aliphatic rings. The third-order valence-electron chi connectivity index (χ3n) is 6.05. The molecular formula is C24H27FN4O3. The van der Waals surface area contributed by atoms with Crippen LogP contribution in [-0.2, 0) is 10.3 Å². The van der Waals surface area contributed by atoms with Crippen LogP contribution >= 0.6 is 0 Å². The van der Waals surface area contributed by atoms with Crippen LogP contribution in [0.1, 0.15) is 74.1 Å². The lowest BCUT2D eigenvalue weighted by molar-refractivity contribution is -0.122. The summed E-state index contributed by atoms with van der Waals surface area (Å²) in [5, 5.41) is 6.87. The van der Waals surface area contributed by atoms with Crippen LogP contribution in [0, 0.1) is 5.82 Å². The second kappa shape index (κ2) is 9.89. The molecule has 1 amide bonds. The summed E-state index contributed by atoms with van der Waals surface area (Å²) in [6.45, 7) is 0. The molecule has 2 N–H and O–H groups in total. The number of ketones is 1. The van der Waals surface area contributed by atoms with E-state index in [0.717, 1.165) is 38.5 Å². The van der Waals surface area contributed by atoms with Crippen LogP contribution in [0.4, 0.5) is 4.39 Å². The Hall–Kier alpha value is -3.29. The maximum Gasteiger partial charge on any atom is 0.220 e. The molecule has 3 heterocycles. The number of Topliss-reactive ketones (excluding diaryl/α,β-unsaturated/α-hetero) is 1. The van der Waals surface area contributed by atoms with Crippen LogP contribution in [0.2, 0.25) is 0 Å². The fourth-order valence-corrected chi connectivity index (χ4v) is 4.34. The number of aromatic nitrogens is 3. The third-order valence-corrected chi connectivity index (χ3v) is 6.05. The molecule has 1 aliphatic heterocycles. The van der Waals surface area contributed by atoms with Crippen molar-refractivity contribution in [2.45, 2.75) is 63.3 Å². The molecule has 3 aromatic rings. The average Bonchev–Trinajstić information content (AvgIpc) is 3.46. The van der Waals surface area contributed by atoms with Gasteiger partial charge in [0, 0.05) is 30.7 Å². The zero-order valence-corrected chi connectivity index (χ0v) is 17.9. The summed E-state index contributed by atoms with van der Waals surface area (Å²) < 4.78 is 19.0. The number of nitrogens with one attached hydrogen (secondary N) is 2. The lowest BCUT2D eigenvalue weighted by Gasteiger charge is -2.32. The number of carbonyl (C=O) groups is 2. The van der Waals surface area contributed by atoms with Crippen LogP contribution in [0.15, 0.2) is 47.3 Å². The van der Waals surface area contributed by atoms with Gasteiger partial charge in [0.05, 0.1) is 11.2 Å². The van der Waals surface area contributed by atoms with Gasteiger partial charge in [-0.05, 0) is 37.8 Å². The summed E-state index contributed by atoms with van der Waals surface area (Å²) in [5.41, 5.74) is 0.687. The second-order valence-electron chi connectivity index (χ2n) is 8.32. The van der Waals surface area contributed by atoms with Gasteiger partial charge in [-0.1, -0.05) is 36.6 Å². The SMILES string of the molecule is O=C1CCCC[C@@](CCCCCC(=O)c2ccon2)(c2nc(-c3ccccc3F)c[nH]2)N1.